The number of ketones is 1. The summed E-state index contributed by atoms with van der Waals surface area (Å²) >= 11 is 0. The van der Waals surface area contributed by atoms with Crippen molar-refractivity contribution in [1.82, 2.24) is 15.0 Å². The van der Waals surface area contributed by atoms with Crippen LogP contribution in [0.15, 0.2) is 42.9 Å². The maximum Gasteiger partial charge on any atom is 0.196 e. The Hall–Kier alpha value is -2.69. The number of rotatable bonds is 4. The third-order valence-electron chi connectivity index (χ3n) is 3.16. The summed E-state index contributed by atoms with van der Waals surface area (Å²) in [6.07, 6.45) is 4.99. The van der Waals surface area contributed by atoms with Gasteiger partial charge >= 0.3 is 0 Å². The summed E-state index contributed by atoms with van der Waals surface area (Å²) in [5.74, 6) is 0.708. The molecule has 21 heavy (non-hydrogen) atoms. The van der Waals surface area contributed by atoms with Crippen LogP contribution in [0.2, 0.25) is 0 Å². The summed E-state index contributed by atoms with van der Waals surface area (Å²) in [4.78, 5) is 24.0. The molecular formula is C16H16N4O. The molecule has 5 nitrogen and oxygen atoms in total. The number of nitrogens with zero attached hydrogens (tertiary/aromatic N) is 2. The number of aromatic nitrogens is 3. The fourth-order valence-corrected chi connectivity index (χ4v) is 2.21. The standard InChI is InChI=1S/C16H16N4O/c1-10(2)20-14-6-5-11(8-18-14)15(21)13-9-19-16-12(13)4-3-7-17-16/h3-10H,1-2H3,(H,17,19)(H,18,20). The minimum Gasteiger partial charge on any atom is -0.368 e. The van der Waals surface area contributed by atoms with Gasteiger partial charge in [0.05, 0.1) is 0 Å². The number of hydrogen-bond donors (Lipinski definition) is 2. The van der Waals surface area contributed by atoms with Gasteiger partial charge in [-0.15, -0.1) is 0 Å². The molecule has 0 atom stereocenters. The van der Waals surface area contributed by atoms with Crippen LogP contribution in [-0.4, -0.2) is 26.8 Å². The van der Waals surface area contributed by atoms with Crippen LogP contribution in [0.1, 0.15) is 29.8 Å². The SMILES string of the molecule is CC(C)Nc1ccc(C(=O)c2c[nH]c3ncccc23)cn1. The minimum absolute atomic E-state index is 0.0575. The highest BCUT2D eigenvalue weighted by molar-refractivity contribution is 6.15. The summed E-state index contributed by atoms with van der Waals surface area (Å²) in [6.45, 7) is 4.08. The van der Waals surface area contributed by atoms with Gasteiger partial charge < -0.3 is 10.3 Å². The number of aromatic amines is 1. The molecule has 0 aliphatic rings. The highest BCUT2D eigenvalue weighted by atomic mass is 16.1. The van der Waals surface area contributed by atoms with Gasteiger partial charge in [-0.25, -0.2) is 9.97 Å². The van der Waals surface area contributed by atoms with E-state index in [0.717, 1.165) is 11.2 Å². The first-order chi connectivity index (χ1) is 10.1. The van der Waals surface area contributed by atoms with Gasteiger partial charge in [0, 0.05) is 41.1 Å². The monoisotopic (exact) mass is 280 g/mol. The van der Waals surface area contributed by atoms with Crippen molar-refractivity contribution >= 4 is 22.6 Å². The van der Waals surface area contributed by atoms with Crippen LogP contribution in [0.4, 0.5) is 5.82 Å². The van der Waals surface area contributed by atoms with Crippen molar-refractivity contribution in [3.8, 4) is 0 Å². The quantitative estimate of drug-likeness (QED) is 0.721. The van der Waals surface area contributed by atoms with Gasteiger partial charge in [-0.1, -0.05) is 0 Å². The molecule has 106 valence electrons. The second-order valence-corrected chi connectivity index (χ2v) is 5.16. The second kappa shape index (κ2) is 5.36. The summed E-state index contributed by atoms with van der Waals surface area (Å²) < 4.78 is 0. The van der Waals surface area contributed by atoms with Crippen LogP contribution < -0.4 is 5.32 Å². The molecule has 0 aliphatic carbocycles. The number of H-pyrrole nitrogens is 1. The molecule has 0 saturated carbocycles. The average molecular weight is 280 g/mol. The van der Waals surface area contributed by atoms with Crippen LogP contribution in [0, 0.1) is 0 Å². The molecule has 0 spiro atoms. The predicted molar refractivity (Wildman–Crippen MR) is 82.5 cm³/mol. The largest absolute Gasteiger partial charge is 0.368 e. The number of pyridine rings is 2. The van der Waals surface area contributed by atoms with Crippen molar-refractivity contribution in [3.05, 3.63) is 54.0 Å². The molecule has 3 heterocycles. The lowest BCUT2D eigenvalue weighted by molar-refractivity contribution is 0.104. The van der Waals surface area contributed by atoms with Crippen molar-refractivity contribution in [3.63, 3.8) is 0 Å². The maximum atomic E-state index is 12.5. The fraction of sp³-hybridized carbons (Fsp3) is 0.188. The van der Waals surface area contributed by atoms with E-state index in [1.807, 2.05) is 32.0 Å². The summed E-state index contributed by atoms with van der Waals surface area (Å²) in [6, 6.07) is 7.61. The van der Waals surface area contributed by atoms with Crippen molar-refractivity contribution in [1.29, 1.82) is 0 Å². The first kappa shape index (κ1) is 13.3. The van der Waals surface area contributed by atoms with Gasteiger partial charge in [-0.2, -0.15) is 0 Å². The van der Waals surface area contributed by atoms with Crippen LogP contribution in [0.25, 0.3) is 11.0 Å². The molecule has 0 aromatic carbocycles. The highest BCUT2D eigenvalue weighted by Crippen LogP contribution is 2.19. The molecule has 0 radical (unpaired) electrons. The van der Waals surface area contributed by atoms with Crippen molar-refractivity contribution < 1.29 is 4.79 Å². The minimum atomic E-state index is -0.0575. The lowest BCUT2D eigenvalue weighted by Gasteiger charge is -2.08. The molecule has 3 rings (SSSR count). The van der Waals surface area contributed by atoms with E-state index in [1.54, 1.807) is 24.7 Å². The first-order valence-electron chi connectivity index (χ1n) is 6.84. The van der Waals surface area contributed by atoms with E-state index in [9.17, 15) is 4.79 Å². The Bertz CT molecular complexity index is 774. The van der Waals surface area contributed by atoms with E-state index in [4.69, 9.17) is 0 Å². The molecule has 0 unspecified atom stereocenters. The summed E-state index contributed by atoms with van der Waals surface area (Å²) in [5, 5.41) is 4.02. The normalized spacial score (nSPS) is 11.0. The maximum absolute atomic E-state index is 12.5. The molecule has 3 aromatic rings. The highest BCUT2D eigenvalue weighted by Gasteiger charge is 2.14. The Morgan fingerprint density at radius 1 is 1.24 bits per heavy atom. The summed E-state index contributed by atoms with van der Waals surface area (Å²) in [5.41, 5.74) is 1.89. The van der Waals surface area contributed by atoms with Crippen molar-refractivity contribution in [2.24, 2.45) is 0 Å². The van der Waals surface area contributed by atoms with Crippen molar-refractivity contribution in [2.45, 2.75) is 19.9 Å². The van der Waals surface area contributed by atoms with Gasteiger partial charge in [0.25, 0.3) is 0 Å². The molecule has 0 fully saturated rings. The smallest absolute Gasteiger partial charge is 0.196 e. The van der Waals surface area contributed by atoms with E-state index >= 15 is 0 Å². The Balaban J connectivity index is 1.91. The van der Waals surface area contributed by atoms with Crippen LogP contribution >= 0.6 is 0 Å². The topological polar surface area (TPSA) is 70.7 Å². The molecule has 0 saturated heterocycles. The van der Waals surface area contributed by atoms with E-state index in [-0.39, 0.29) is 5.78 Å². The number of nitrogens with one attached hydrogen (secondary N) is 2. The van der Waals surface area contributed by atoms with E-state index in [0.29, 0.717) is 22.8 Å². The lowest BCUT2D eigenvalue weighted by atomic mass is 10.1. The molecule has 2 N–H and O–H groups in total. The zero-order valence-corrected chi connectivity index (χ0v) is 11.9. The molecule has 0 amide bonds. The zero-order chi connectivity index (χ0) is 14.8. The molecule has 0 bridgehead atoms. The molecule has 3 aromatic heterocycles. The van der Waals surface area contributed by atoms with Gasteiger partial charge in [-0.3, -0.25) is 4.79 Å². The Morgan fingerprint density at radius 2 is 2.10 bits per heavy atom. The fourth-order valence-electron chi connectivity index (χ4n) is 2.21. The lowest BCUT2D eigenvalue weighted by Crippen LogP contribution is -2.11. The van der Waals surface area contributed by atoms with Crippen LogP contribution in [0.3, 0.4) is 0 Å². The number of anilines is 1. The second-order valence-electron chi connectivity index (χ2n) is 5.16. The van der Waals surface area contributed by atoms with E-state index in [1.165, 1.54) is 0 Å². The zero-order valence-electron chi connectivity index (χ0n) is 11.9. The van der Waals surface area contributed by atoms with Gasteiger partial charge in [-0.05, 0) is 38.1 Å². The Labute approximate surface area is 122 Å². The number of carbonyl (C=O) groups excluding carboxylic acids is 1. The molecule has 0 aliphatic heterocycles. The Kier molecular flexibility index (Phi) is 3.39. The third kappa shape index (κ3) is 2.63. The van der Waals surface area contributed by atoms with Gasteiger partial charge in [0.2, 0.25) is 0 Å². The first-order valence-corrected chi connectivity index (χ1v) is 6.84. The molecular weight excluding hydrogens is 264 g/mol. The Morgan fingerprint density at radius 3 is 2.81 bits per heavy atom. The third-order valence-corrected chi connectivity index (χ3v) is 3.16. The summed E-state index contributed by atoms with van der Waals surface area (Å²) in [7, 11) is 0. The van der Waals surface area contributed by atoms with E-state index < -0.39 is 0 Å². The van der Waals surface area contributed by atoms with Crippen molar-refractivity contribution in [2.75, 3.05) is 5.32 Å². The van der Waals surface area contributed by atoms with Gasteiger partial charge in [0.1, 0.15) is 11.5 Å². The number of hydrogen-bond acceptors (Lipinski definition) is 4. The van der Waals surface area contributed by atoms with E-state index in [2.05, 4.69) is 20.3 Å². The van der Waals surface area contributed by atoms with Crippen LogP contribution in [-0.2, 0) is 0 Å². The number of carbonyl (C=O) groups is 1. The number of fused-ring (bicyclic) bond motifs is 1. The van der Waals surface area contributed by atoms with Gasteiger partial charge in [0.15, 0.2) is 5.78 Å². The molecule has 5 heteroatoms. The predicted octanol–water partition coefficient (Wildman–Crippen LogP) is 3.01. The average Bonchev–Trinajstić information content (AvgIpc) is 2.90. The van der Waals surface area contributed by atoms with Crippen LogP contribution in [0.5, 0.6) is 0 Å².